The highest BCUT2D eigenvalue weighted by molar-refractivity contribution is 6.34. The third kappa shape index (κ3) is 3.23. The minimum absolute atomic E-state index is 0.0467. The summed E-state index contributed by atoms with van der Waals surface area (Å²) in [5, 5.41) is 0.365. The fraction of sp³-hybridized carbons (Fsp3) is 0.294. The van der Waals surface area contributed by atoms with E-state index < -0.39 is 0 Å². The zero-order chi connectivity index (χ0) is 17.1. The molecule has 0 unspecified atom stereocenters. The molecule has 1 saturated heterocycles. The van der Waals surface area contributed by atoms with Crippen molar-refractivity contribution in [2.45, 2.75) is 0 Å². The molecule has 0 atom stereocenters. The van der Waals surface area contributed by atoms with E-state index >= 15 is 0 Å². The van der Waals surface area contributed by atoms with E-state index in [1.165, 1.54) is 0 Å². The Bertz CT molecular complexity index is 738. The molecule has 0 saturated carbocycles. The average Bonchev–Trinajstić information content (AvgIpc) is 3.15. The lowest BCUT2D eigenvalue weighted by Gasteiger charge is -2.34. The van der Waals surface area contributed by atoms with Crippen LogP contribution in [0.1, 0.15) is 20.8 Å². The predicted molar refractivity (Wildman–Crippen MR) is 90.6 cm³/mol. The quantitative estimate of drug-likeness (QED) is 0.926. The molecule has 3 rings (SSSR count). The van der Waals surface area contributed by atoms with Gasteiger partial charge in [-0.1, -0.05) is 11.6 Å². The second kappa shape index (κ2) is 6.97. The van der Waals surface area contributed by atoms with Crippen molar-refractivity contribution in [2.24, 2.45) is 0 Å². The van der Waals surface area contributed by atoms with Gasteiger partial charge in [0.25, 0.3) is 11.8 Å². The molecule has 1 N–H and O–H groups in total. The minimum atomic E-state index is -0.130. The standard InChI is InChI=1S/C17H18ClN3O3/c1-24-12-4-5-13(14(18)11-12)16(22)20-7-9-21(10-8-20)17(23)15-3-2-6-19-15/h2-6,11,19H,7-10H2,1H3. The van der Waals surface area contributed by atoms with Gasteiger partial charge in [0, 0.05) is 32.4 Å². The van der Waals surface area contributed by atoms with Gasteiger partial charge >= 0.3 is 0 Å². The monoisotopic (exact) mass is 347 g/mol. The molecule has 7 heteroatoms. The van der Waals surface area contributed by atoms with Crippen molar-refractivity contribution in [1.82, 2.24) is 14.8 Å². The number of carbonyl (C=O) groups excluding carboxylic acids is 2. The molecule has 24 heavy (non-hydrogen) atoms. The van der Waals surface area contributed by atoms with E-state index in [1.807, 2.05) is 0 Å². The normalized spacial score (nSPS) is 14.6. The predicted octanol–water partition coefficient (Wildman–Crippen LogP) is 2.27. The summed E-state index contributed by atoms with van der Waals surface area (Å²) in [4.78, 5) is 31.3. The Morgan fingerprint density at radius 2 is 1.75 bits per heavy atom. The Morgan fingerprint density at radius 3 is 2.29 bits per heavy atom. The summed E-state index contributed by atoms with van der Waals surface area (Å²) in [6.07, 6.45) is 1.72. The van der Waals surface area contributed by atoms with Crippen LogP contribution in [-0.4, -0.2) is 59.9 Å². The fourth-order valence-electron chi connectivity index (χ4n) is 2.71. The summed E-state index contributed by atoms with van der Waals surface area (Å²) < 4.78 is 5.09. The number of hydrogen-bond donors (Lipinski definition) is 1. The number of methoxy groups -OCH3 is 1. The SMILES string of the molecule is COc1ccc(C(=O)N2CCN(C(=O)c3ccc[nH]3)CC2)c(Cl)c1. The topological polar surface area (TPSA) is 65.6 Å². The lowest BCUT2D eigenvalue weighted by molar-refractivity contribution is 0.0532. The van der Waals surface area contributed by atoms with Gasteiger partial charge in [-0.15, -0.1) is 0 Å². The van der Waals surface area contributed by atoms with E-state index in [1.54, 1.807) is 53.4 Å². The summed E-state index contributed by atoms with van der Waals surface area (Å²) >= 11 is 6.17. The minimum Gasteiger partial charge on any atom is -0.497 e. The molecule has 1 aliphatic heterocycles. The fourth-order valence-corrected chi connectivity index (χ4v) is 2.96. The van der Waals surface area contributed by atoms with E-state index in [2.05, 4.69) is 4.98 Å². The van der Waals surface area contributed by atoms with Crippen LogP contribution in [0.25, 0.3) is 0 Å². The third-order valence-electron chi connectivity index (χ3n) is 4.09. The maximum absolute atomic E-state index is 12.6. The van der Waals surface area contributed by atoms with Crippen molar-refractivity contribution < 1.29 is 14.3 Å². The number of aromatic amines is 1. The van der Waals surface area contributed by atoms with Gasteiger partial charge in [0.05, 0.1) is 17.7 Å². The van der Waals surface area contributed by atoms with E-state index in [0.29, 0.717) is 48.2 Å². The molecule has 2 heterocycles. The first kappa shape index (κ1) is 16.4. The van der Waals surface area contributed by atoms with Gasteiger partial charge in [0.2, 0.25) is 0 Å². The lowest BCUT2D eigenvalue weighted by atomic mass is 10.1. The third-order valence-corrected chi connectivity index (χ3v) is 4.40. The molecular weight excluding hydrogens is 330 g/mol. The van der Waals surface area contributed by atoms with Crippen LogP contribution < -0.4 is 4.74 Å². The number of ether oxygens (including phenoxy) is 1. The van der Waals surface area contributed by atoms with Gasteiger partial charge in [-0.05, 0) is 30.3 Å². The van der Waals surface area contributed by atoms with Gasteiger partial charge in [0.15, 0.2) is 0 Å². The zero-order valence-corrected chi connectivity index (χ0v) is 14.0. The summed E-state index contributed by atoms with van der Waals surface area (Å²) in [7, 11) is 1.55. The summed E-state index contributed by atoms with van der Waals surface area (Å²) in [5.41, 5.74) is 1.01. The molecule has 1 aromatic heterocycles. The molecule has 2 aromatic rings. The largest absolute Gasteiger partial charge is 0.497 e. The number of piperazine rings is 1. The summed E-state index contributed by atoms with van der Waals surface area (Å²) in [6.45, 7) is 1.95. The number of benzene rings is 1. The Kier molecular flexibility index (Phi) is 4.76. The van der Waals surface area contributed by atoms with E-state index in [-0.39, 0.29) is 11.8 Å². The van der Waals surface area contributed by atoms with Crippen LogP contribution >= 0.6 is 11.6 Å². The maximum Gasteiger partial charge on any atom is 0.270 e. The summed E-state index contributed by atoms with van der Waals surface area (Å²) in [5.74, 6) is 0.433. The lowest BCUT2D eigenvalue weighted by Crippen LogP contribution is -2.50. The van der Waals surface area contributed by atoms with Crippen LogP contribution in [0.4, 0.5) is 0 Å². The molecule has 1 aromatic carbocycles. The van der Waals surface area contributed by atoms with E-state index in [0.717, 1.165) is 0 Å². The molecule has 126 valence electrons. The number of amides is 2. The highest BCUT2D eigenvalue weighted by atomic mass is 35.5. The van der Waals surface area contributed by atoms with Crippen molar-refractivity contribution in [3.63, 3.8) is 0 Å². The number of carbonyl (C=O) groups is 2. The molecular formula is C17H18ClN3O3. The van der Waals surface area contributed by atoms with E-state index in [4.69, 9.17) is 16.3 Å². The van der Waals surface area contributed by atoms with Gasteiger partial charge in [-0.25, -0.2) is 0 Å². The smallest absolute Gasteiger partial charge is 0.270 e. The average molecular weight is 348 g/mol. The zero-order valence-electron chi connectivity index (χ0n) is 13.3. The van der Waals surface area contributed by atoms with Gasteiger partial charge < -0.3 is 19.5 Å². The van der Waals surface area contributed by atoms with Gasteiger partial charge in [-0.3, -0.25) is 9.59 Å². The first-order chi connectivity index (χ1) is 11.6. The Hall–Kier alpha value is -2.47. The molecule has 0 bridgehead atoms. The number of halogens is 1. The van der Waals surface area contributed by atoms with Crippen molar-refractivity contribution in [1.29, 1.82) is 0 Å². The molecule has 1 fully saturated rings. The second-order valence-electron chi connectivity index (χ2n) is 5.51. The van der Waals surface area contributed by atoms with Crippen LogP contribution in [-0.2, 0) is 0 Å². The van der Waals surface area contributed by atoms with Crippen LogP contribution in [0.3, 0.4) is 0 Å². The van der Waals surface area contributed by atoms with Crippen molar-refractivity contribution in [3.8, 4) is 5.75 Å². The van der Waals surface area contributed by atoms with Crippen LogP contribution in [0.2, 0.25) is 5.02 Å². The highest BCUT2D eigenvalue weighted by Gasteiger charge is 2.26. The van der Waals surface area contributed by atoms with Crippen molar-refractivity contribution in [3.05, 3.63) is 52.8 Å². The molecule has 6 nitrogen and oxygen atoms in total. The highest BCUT2D eigenvalue weighted by Crippen LogP contribution is 2.24. The number of nitrogens with one attached hydrogen (secondary N) is 1. The number of aromatic nitrogens is 1. The Labute approximate surface area is 145 Å². The first-order valence-electron chi connectivity index (χ1n) is 7.65. The van der Waals surface area contributed by atoms with Crippen molar-refractivity contribution >= 4 is 23.4 Å². The molecule has 0 radical (unpaired) electrons. The first-order valence-corrected chi connectivity index (χ1v) is 8.03. The number of hydrogen-bond acceptors (Lipinski definition) is 3. The molecule has 1 aliphatic rings. The maximum atomic E-state index is 12.6. The van der Waals surface area contributed by atoms with Gasteiger partial charge in [0.1, 0.15) is 11.4 Å². The Balaban J connectivity index is 1.64. The van der Waals surface area contributed by atoms with Crippen LogP contribution in [0, 0.1) is 0 Å². The van der Waals surface area contributed by atoms with Crippen LogP contribution in [0.5, 0.6) is 5.75 Å². The molecule has 0 spiro atoms. The second-order valence-corrected chi connectivity index (χ2v) is 5.92. The van der Waals surface area contributed by atoms with Crippen LogP contribution in [0.15, 0.2) is 36.5 Å². The van der Waals surface area contributed by atoms with E-state index in [9.17, 15) is 9.59 Å². The molecule has 0 aliphatic carbocycles. The number of rotatable bonds is 3. The van der Waals surface area contributed by atoms with Gasteiger partial charge in [-0.2, -0.15) is 0 Å². The van der Waals surface area contributed by atoms with Crippen molar-refractivity contribution in [2.75, 3.05) is 33.3 Å². The summed E-state index contributed by atoms with van der Waals surface area (Å²) in [6, 6.07) is 8.54. The number of nitrogens with zero attached hydrogens (tertiary/aromatic N) is 2. The number of H-pyrrole nitrogens is 1. The Morgan fingerprint density at radius 1 is 1.08 bits per heavy atom. The molecule has 2 amide bonds.